The Hall–Kier alpha value is -1.37. The minimum absolute atomic E-state index is 0.524. The van der Waals surface area contributed by atoms with E-state index in [0.29, 0.717) is 6.04 Å². The lowest BCUT2D eigenvalue weighted by Crippen LogP contribution is -2.21. The molecule has 1 aliphatic heterocycles. The monoisotopic (exact) mass is 311 g/mol. The van der Waals surface area contributed by atoms with Crippen molar-refractivity contribution < 1.29 is 0 Å². The van der Waals surface area contributed by atoms with Crippen LogP contribution in [0.15, 0.2) is 18.5 Å². The highest BCUT2D eigenvalue weighted by Crippen LogP contribution is 2.31. The van der Waals surface area contributed by atoms with Gasteiger partial charge in [-0.2, -0.15) is 0 Å². The van der Waals surface area contributed by atoms with Gasteiger partial charge >= 0.3 is 0 Å². The van der Waals surface area contributed by atoms with Crippen LogP contribution in [0.2, 0.25) is 0 Å². The third-order valence-corrected chi connectivity index (χ3v) is 5.59. The molecular weight excluding hydrogens is 282 g/mol. The zero-order chi connectivity index (χ0) is 16.1. The van der Waals surface area contributed by atoms with Gasteiger partial charge in [0.1, 0.15) is 0 Å². The number of likely N-dealkylation sites (tertiary alicyclic amines) is 1. The van der Waals surface area contributed by atoms with Crippen LogP contribution >= 0.6 is 0 Å². The fraction of sp³-hybridized carbons (Fsp3) is 0.650. The van der Waals surface area contributed by atoms with Crippen LogP contribution in [0, 0.1) is 23.7 Å². The van der Waals surface area contributed by atoms with E-state index in [0.717, 1.165) is 30.4 Å². The van der Waals surface area contributed by atoms with Gasteiger partial charge in [0.15, 0.2) is 0 Å². The van der Waals surface area contributed by atoms with Crippen LogP contribution in [0.3, 0.4) is 0 Å². The number of nitrogens with two attached hydrogens (primary N) is 1. The lowest BCUT2D eigenvalue weighted by molar-refractivity contribution is 0.283. The molecule has 1 aromatic heterocycles. The molecule has 0 amide bonds. The molecule has 2 N–H and O–H groups in total. The van der Waals surface area contributed by atoms with Gasteiger partial charge in [-0.15, -0.1) is 0 Å². The molecule has 1 unspecified atom stereocenters. The predicted molar refractivity (Wildman–Crippen MR) is 94.8 cm³/mol. The van der Waals surface area contributed by atoms with Gasteiger partial charge in [-0.1, -0.05) is 11.8 Å². The standard InChI is InChI=1S/C20H29N3/c1-23-11-3-6-20(23)19-12-18(14-22-15-19)5-2-4-16-7-9-17(13-21)10-8-16/h12,14-17,20H,3-4,6-11,13,21H2,1H3. The molecule has 0 radical (unpaired) electrons. The summed E-state index contributed by atoms with van der Waals surface area (Å²) in [6.07, 6.45) is 12.6. The van der Waals surface area contributed by atoms with Gasteiger partial charge in [0.2, 0.25) is 0 Å². The van der Waals surface area contributed by atoms with Crippen LogP contribution in [0.25, 0.3) is 0 Å². The van der Waals surface area contributed by atoms with E-state index >= 15 is 0 Å². The fourth-order valence-electron chi connectivity index (χ4n) is 4.01. The Morgan fingerprint density at radius 3 is 2.65 bits per heavy atom. The van der Waals surface area contributed by atoms with Crippen molar-refractivity contribution in [3.05, 3.63) is 29.6 Å². The summed E-state index contributed by atoms with van der Waals surface area (Å²) in [6, 6.07) is 2.76. The maximum Gasteiger partial charge on any atom is 0.0432 e. The molecule has 2 aliphatic rings. The molecule has 1 saturated heterocycles. The topological polar surface area (TPSA) is 42.2 Å². The van der Waals surface area contributed by atoms with Crippen molar-refractivity contribution in [1.29, 1.82) is 0 Å². The van der Waals surface area contributed by atoms with Gasteiger partial charge in [-0.05, 0) is 82.1 Å². The van der Waals surface area contributed by atoms with Crippen LogP contribution in [0.1, 0.15) is 62.1 Å². The van der Waals surface area contributed by atoms with Crippen molar-refractivity contribution in [3.63, 3.8) is 0 Å². The minimum Gasteiger partial charge on any atom is -0.330 e. The van der Waals surface area contributed by atoms with Crippen LogP contribution in [0.4, 0.5) is 0 Å². The molecule has 0 aromatic carbocycles. The van der Waals surface area contributed by atoms with E-state index < -0.39 is 0 Å². The second-order valence-electron chi connectivity index (χ2n) is 7.27. The van der Waals surface area contributed by atoms with Gasteiger partial charge < -0.3 is 5.73 Å². The highest BCUT2D eigenvalue weighted by atomic mass is 15.1. The maximum atomic E-state index is 5.76. The van der Waals surface area contributed by atoms with Crippen molar-refractivity contribution in [2.24, 2.45) is 17.6 Å². The van der Waals surface area contributed by atoms with Gasteiger partial charge in [-0.25, -0.2) is 0 Å². The largest absolute Gasteiger partial charge is 0.330 e. The number of hydrogen-bond acceptors (Lipinski definition) is 3. The Labute approximate surface area is 140 Å². The van der Waals surface area contributed by atoms with Crippen molar-refractivity contribution in [1.82, 2.24) is 9.88 Å². The Morgan fingerprint density at radius 1 is 1.17 bits per heavy atom. The summed E-state index contributed by atoms with van der Waals surface area (Å²) in [5, 5.41) is 0. The molecule has 23 heavy (non-hydrogen) atoms. The molecule has 3 rings (SSSR count). The molecule has 2 heterocycles. The third kappa shape index (κ3) is 4.34. The lowest BCUT2D eigenvalue weighted by atomic mass is 9.81. The van der Waals surface area contributed by atoms with Crippen LogP contribution in [-0.2, 0) is 0 Å². The van der Waals surface area contributed by atoms with Crippen molar-refractivity contribution >= 4 is 0 Å². The summed E-state index contributed by atoms with van der Waals surface area (Å²) < 4.78 is 0. The molecule has 1 aliphatic carbocycles. The fourth-order valence-corrected chi connectivity index (χ4v) is 4.01. The molecule has 124 valence electrons. The average molecular weight is 311 g/mol. The Morgan fingerprint density at radius 2 is 1.96 bits per heavy atom. The minimum atomic E-state index is 0.524. The summed E-state index contributed by atoms with van der Waals surface area (Å²) in [4.78, 5) is 6.83. The maximum absolute atomic E-state index is 5.76. The smallest absolute Gasteiger partial charge is 0.0432 e. The normalized spacial score (nSPS) is 28.3. The lowest BCUT2D eigenvalue weighted by Gasteiger charge is -2.26. The SMILES string of the molecule is CN1CCCC1c1cncc(C#CCC2CCC(CN)CC2)c1. The van der Waals surface area contributed by atoms with Gasteiger partial charge in [0.25, 0.3) is 0 Å². The van der Waals surface area contributed by atoms with Gasteiger partial charge in [0.05, 0.1) is 0 Å². The number of nitrogens with zero attached hydrogens (tertiary/aromatic N) is 2. The van der Waals surface area contributed by atoms with E-state index in [9.17, 15) is 0 Å². The summed E-state index contributed by atoms with van der Waals surface area (Å²) >= 11 is 0. The summed E-state index contributed by atoms with van der Waals surface area (Å²) in [5.74, 6) is 8.26. The van der Waals surface area contributed by atoms with Crippen LogP contribution < -0.4 is 5.73 Å². The van der Waals surface area contributed by atoms with E-state index in [-0.39, 0.29) is 0 Å². The zero-order valence-electron chi connectivity index (χ0n) is 14.3. The van der Waals surface area contributed by atoms with E-state index in [4.69, 9.17) is 5.73 Å². The Bertz CT molecular complexity index is 564. The first-order valence-corrected chi connectivity index (χ1v) is 9.10. The predicted octanol–water partition coefficient (Wildman–Crippen LogP) is 3.36. The van der Waals surface area contributed by atoms with Crippen molar-refractivity contribution in [3.8, 4) is 11.8 Å². The number of aromatic nitrogens is 1. The zero-order valence-corrected chi connectivity index (χ0v) is 14.3. The van der Waals surface area contributed by atoms with E-state index in [1.165, 1.54) is 50.6 Å². The molecule has 2 fully saturated rings. The van der Waals surface area contributed by atoms with Gasteiger partial charge in [-0.3, -0.25) is 9.88 Å². The second kappa shape index (κ2) is 7.95. The molecule has 1 saturated carbocycles. The number of hydrogen-bond donors (Lipinski definition) is 1. The first kappa shape index (κ1) is 16.5. The molecule has 1 atom stereocenters. The first-order chi connectivity index (χ1) is 11.3. The van der Waals surface area contributed by atoms with Gasteiger partial charge in [0, 0.05) is 30.4 Å². The summed E-state index contributed by atoms with van der Waals surface area (Å²) in [6.45, 7) is 2.04. The summed E-state index contributed by atoms with van der Waals surface area (Å²) in [7, 11) is 2.20. The number of pyridine rings is 1. The highest BCUT2D eigenvalue weighted by molar-refractivity contribution is 5.35. The first-order valence-electron chi connectivity index (χ1n) is 9.10. The average Bonchev–Trinajstić information content (AvgIpc) is 3.02. The molecule has 1 aromatic rings. The molecule has 0 bridgehead atoms. The summed E-state index contributed by atoms with van der Waals surface area (Å²) in [5.41, 5.74) is 8.15. The molecule has 3 nitrogen and oxygen atoms in total. The highest BCUT2D eigenvalue weighted by Gasteiger charge is 2.22. The third-order valence-electron chi connectivity index (χ3n) is 5.59. The molecular formula is C20H29N3. The second-order valence-corrected chi connectivity index (χ2v) is 7.27. The number of rotatable bonds is 3. The quantitative estimate of drug-likeness (QED) is 0.870. The van der Waals surface area contributed by atoms with E-state index in [1.807, 2.05) is 12.4 Å². The Kier molecular flexibility index (Phi) is 5.70. The Balaban J connectivity index is 1.56. The van der Waals surface area contributed by atoms with Crippen molar-refractivity contribution in [2.45, 2.75) is 51.0 Å². The van der Waals surface area contributed by atoms with Crippen LogP contribution in [-0.4, -0.2) is 30.0 Å². The van der Waals surface area contributed by atoms with E-state index in [1.54, 1.807) is 0 Å². The molecule has 0 spiro atoms. The van der Waals surface area contributed by atoms with Crippen LogP contribution in [0.5, 0.6) is 0 Å². The van der Waals surface area contributed by atoms with E-state index in [2.05, 4.69) is 34.8 Å². The molecule has 3 heteroatoms. The van der Waals surface area contributed by atoms with Crippen molar-refractivity contribution in [2.75, 3.05) is 20.1 Å².